The van der Waals surface area contributed by atoms with Crippen LogP contribution in [0.2, 0.25) is 0 Å². The van der Waals surface area contributed by atoms with Crippen molar-refractivity contribution in [2.75, 3.05) is 18.1 Å². The number of aromatic amines is 1. The number of pyridine rings is 2. The number of H-pyrrole nitrogens is 1. The molecule has 0 radical (unpaired) electrons. The van der Waals surface area contributed by atoms with Crippen molar-refractivity contribution in [1.82, 2.24) is 19.9 Å². The molecule has 0 fully saturated rings. The van der Waals surface area contributed by atoms with Gasteiger partial charge >= 0.3 is 0 Å². The molecular formula is C12H12N6. The molecule has 90 valence electrons. The van der Waals surface area contributed by atoms with Crippen molar-refractivity contribution < 1.29 is 0 Å². The van der Waals surface area contributed by atoms with Crippen LogP contribution in [0.1, 0.15) is 0 Å². The summed E-state index contributed by atoms with van der Waals surface area (Å²) in [7, 11) is 1.83. The van der Waals surface area contributed by atoms with Crippen LogP contribution in [-0.4, -0.2) is 27.0 Å². The van der Waals surface area contributed by atoms with Crippen LogP contribution in [0, 0.1) is 0 Å². The Hall–Kier alpha value is -2.63. The molecular weight excluding hydrogens is 228 g/mol. The molecule has 3 heterocycles. The first-order valence-corrected chi connectivity index (χ1v) is 5.52. The summed E-state index contributed by atoms with van der Waals surface area (Å²) in [6.07, 6.45) is 1.69. The van der Waals surface area contributed by atoms with Gasteiger partial charge in [0.15, 0.2) is 5.65 Å². The maximum absolute atomic E-state index is 5.56. The lowest BCUT2D eigenvalue weighted by molar-refractivity contribution is 1.26. The number of nitrogen functional groups attached to an aromatic ring is 1. The average molecular weight is 240 g/mol. The topological polar surface area (TPSA) is 92.5 Å². The monoisotopic (exact) mass is 240 g/mol. The van der Waals surface area contributed by atoms with Gasteiger partial charge in [0.05, 0.1) is 5.52 Å². The summed E-state index contributed by atoms with van der Waals surface area (Å²) in [5, 5.41) is 2.98. The SMILES string of the molecule is CNc1ccc2[nH]c(-c3ccc(N)nc3)nc2n1. The van der Waals surface area contributed by atoms with Crippen molar-refractivity contribution in [2.45, 2.75) is 0 Å². The van der Waals surface area contributed by atoms with E-state index in [0.717, 1.165) is 22.7 Å². The second-order valence-electron chi connectivity index (χ2n) is 3.87. The summed E-state index contributed by atoms with van der Waals surface area (Å²) in [6, 6.07) is 7.45. The Balaban J connectivity index is 2.10. The highest BCUT2D eigenvalue weighted by molar-refractivity contribution is 5.77. The van der Waals surface area contributed by atoms with E-state index in [-0.39, 0.29) is 0 Å². The molecule has 0 amide bonds. The highest BCUT2D eigenvalue weighted by atomic mass is 15.0. The lowest BCUT2D eigenvalue weighted by atomic mass is 10.3. The third kappa shape index (κ3) is 1.73. The minimum Gasteiger partial charge on any atom is -0.384 e. The molecule has 4 N–H and O–H groups in total. The van der Waals surface area contributed by atoms with Gasteiger partial charge in [-0.05, 0) is 24.3 Å². The van der Waals surface area contributed by atoms with Gasteiger partial charge in [-0.25, -0.2) is 15.0 Å². The molecule has 6 heteroatoms. The van der Waals surface area contributed by atoms with E-state index in [1.165, 1.54) is 0 Å². The molecule has 0 aliphatic rings. The average Bonchev–Trinajstić information content (AvgIpc) is 2.82. The van der Waals surface area contributed by atoms with Gasteiger partial charge in [0.2, 0.25) is 0 Å². The highest BCUT2D eigenvalue weighted by Gasteiger charge is 2.07. The maximum atomic E-state index is 5.56. The number of aromatic nitrogens is 4. The Morgan fingerprint density at radius 1 is 1.17 bits per heavy atom. The lowest BCUT2D eigenvalue weighted by Gasteiger charge is -1.95. The van der Waals surface area contributed by atoms with Crippen LogP contribution in [0.5, 0.6) is 0 Å². The van der Waals surface area contributed by atoms with Crippen LogP contribution >= 0.6 is 0 Å². The van der Waals surface area contributed by atoms with Crippen LogP contribution < -0.4 is 11.1 Å². The van der Waals surface area contributed by atoms with Crippen molar-refractivity contribution in [1.29, 1.82) is 0 Å². The number of hydrogen-bond donors (Lipinski definition) is 3. The molecule has 0 aliphatic carbocycles. The maximum Gasteiger partial charge on any atom is 0.180 e. The lowest BCUT2D eigenvalue weighted by Crippen LogP contribution is -1.91. The number of imidazole rings is 1. The van der Waals surface area contributed by atoms with Gasteiger partial charge in [0.1, 0.15) is 17.5 Å². The zero-order valence-corrected chi connectivity index (χ0v) is 9.81. The quantitative estimate of drug-likeness (QED) is 0.633. The second kappa shape index (κ2) is 3.99. The van der Waals surface area contributed by atoms with Gasteiger partial charge in [-0.3, -0.25) is 0 Å². The zero-order chi connectivity index (χ0) is 12.5. The molecule has 18 heavy (non-hydrogen) atoms. The molecule has 0 spiro atoms. The molecule has 0 saturated carbocycles. The van der Waals surface area contributed by atoms with Crippen LogP contribution in [0.15, 0.2) is 30.5 Å². The molecule has 6 nitrogen and oxygen atoms in total. The van der Waals surface area contributed by atoms with Crippen molar-refractivity contribution in [3.63, 3.8) is 0 Å². The Bertz CT molecular complexity index is 685. The van der Waals surface area contributed by atoms with Crippen molar-refractivity contribution in [2.24, 2.45) is 0 Å². The Kier molecular flexibility index (Phi) is 2.33. The van der Waals surface area contributed by atoms with Gasteiger partial charge in [-0.15, -0.1) is 0 Å². The van der Waals surface area contributed by atoms with Gasteiger partial charge in [0.25, 0.3) is 0 Å². The molecule has 0 unspecified atom stereocenters. The van der Waals surface area contributed by atoms with Gasteiger partial charge in [-0.2, -0.15) is 0 Å². The van der Waals surface area contributed by atoms with Gasteiger partial charge in [0, 0.05) is 18.8 Å². The van der Waals surface area contributed by atoms with Crippen LogP contribution in [0.25, 0.3) is 22.6 Å². The van der Waals surface area contributed by atoms with E-state index in [2.05, 4.69) is 25.3 Å². The van der Waals surface area contributed by atoms with E-state index in [1.807, 2.05) is 25.2 Å². The largest absolute Gasteiger partial charge is 0.384 e. The van der Waals surface area contributed by atoms with E-state index in [9.17, 15) is 0 Å². The predicted molar refractivity (Wildman–Crippen MR) is 71.1 cm³/mol. The molecule has 0 saturated heterocycles. The molecule has 0 aliphatic heterocycles. The molecule has 3 aromatic rings. The summed E-state index contributed by atoms with van der Waals surface area (Å²) >= 11 is 0. The van der Waals surface area contributed by atoms with Crippen molar-refractivity contribution in [3.8, 4) is 11.4 Å². The third-order valence-electron chi connectivity index (χ3n) is 2.66. The van der Waals surface area contributed by atoms with E-state index in [4.69, 9.17) is 5.73 Å². The molecule has 0 aromatic carbocycles. The smallest absolute Gasteiger partial charge is 0.180 e. The number of hydrogen-bond acceptors (Lipinski definition) is 5. The van der Waals surface area contributed by atoms with E-state index in [1.54, 1.807) is 12.3 Å². The summed E-state index contributed by atoms with van der Waals surface area (Å²) in [4.78, 5) is 16.0. The number of nitrogens with one attached hydrogen (secondary N) is 2. The molecule has 0 atom stereocenters. The Morgan fingerprint density at radius 3 is 2.78 bits per heavy atom. The van der Waals surface area contributed by atoms with Crippen molar-refractivity contribution >= 4 is 22.8 Å². The number of fused-ring (bicyclic) bond motifs is 1. The first kappa shape index (κ1) is 10.5. The molecule has 0 bridgehead atoms. The fourth-order valence-electron chi connectivity index (χ4n) is 1.71. The zero-order valence-electron chi connectivity index (χ0n) is 9.81. The van der Waals surface area contributed by atoms with Gasteiger partial charge in [-0.1, -0.05) is 0 Å². The van der Waals surface area contributed by atoms with Crippen LogP contribution in [0.4, 0.5) is 11.6 Å². The minimum absolute atomic E-state index is 0.491. The highest BCUT2D eigenvalue weighted by Crippen LogP contribution is 2.20. The third-order valence-corrected chi connectivity index (χ3v) is 2.66. The predicted octanol–water partition coefficient (Wildman–Crippen LogP) is 1.64. The fraction of sp³-hybridized carbons (Fsp3) is 0.0833. The Morgan fingerprint density at radius 2 is 2.06 bits per heavy atom. The van der Waals surface area contributed by atoms with Crippen molar-refractivity contribution in [3.05, 3.63) is 30.5 Å². The van der Waals surface area contributed by atoms with Crippen LogP contribution in [0.3, 0.4) is 0 Å². The number of nitrogens with zero attached hydrogens (tertiary/aromatic N) is 3. The summed E-state index contributed by atoms with van der Waals surface area (Å²) in [6.45, 7) is 0. The van der Waals surface area contributed by atoms with Crippen LogP contribution in [-0.2, 0) is 0 Å². The fourth-order valence-corrected chi connectivity index (χ4v) is 1.71. The first-order valence-electron chi connectivity index (χ1n) is 5.52. The number of anilines is 2. The normalized spacial score (nSPS) is 10.7. The second-order valence-corrected chi connectivity index (χ2v) is 3.87. The summed E-state index contributed by atoms with van der Waals surface area (Å²) in [5.74, 6) is 2.01. The van der Waals surface area contributed by atoms with E-state index in [0.29, 0.717) is 11.5 Å². The Labute approximate surface area is 103 Å². The van der Waals surface area contributed by atoms with E-state index >= 15 is 0 Å². The summed E-state index contributed by atoms with van der Waals surface area (Å²) in [5.41, 5.74) is 8.00. The molecule has 3 rings (SSSR count). The van der Waals surface area contributed by atoms with E-state index < -0.39 is 0 Å². The summed E-state index contributed by atoms with van der Waals surface area (Å²) < 4.78 is 0. The first-order chi connectivity index (χ1) is 8.76. The standard InChI is InChI=1S/C12H12N6/c1-14-10-5-3-8-12(17-10)18-11(16-8)7-2-4-9(13)15-6-7/h2-6H,1H3,(H2,13,15)(H2,14,16,17,18). The minimum atomic E-state index is 0.491. The number of nitrogens with two attached hydrogens (primary N) is 1. The molecule has 3 aromatic heterocycles. The van der Waals surface area contributed by atoms with Gasteiger partial charge < -0.3 is 16.0 Å². The number of rotatable bonds is 2.